The van der Waals surface area contributed by atoms with E-state index in [1.165, 1.54) is 0 Å². The van der Waals surface area contributed by atoms with Gasteiger partial charge in [-0.2, -0.15) is 0 Å². The van der Waals surface area contributed by atoms with Crippen molar-refractivity contribution < 1.29 is 18.7 Å². The van der Waals surface area contributed by atoms with Crippen molar-refractivity contribution in [1.29, 1.82) is 0 Å². The molecular formula is C9H8ClF2NO2. The second-order valence-electron chi connectivity index (χ2n) is 3.01. The number of carbonyl (C=O) groups is 1. The first-order valence-electron chi connectivity index (χ1n) is 4.03. The van der Waals surface area contributed by atoms with Gasteiger partial charge < -0.3 is 10.8 Å². The van der Waals surface area contributed by atoms with Gasteiger partial charge in [0.1, 0.15) is 17.7 Å². The van der Waals surface area contributed by atoms with E-state index < -0.39 is 23.6 Å². The Kier molecular flexibility index (Phi) is 3.60. The minimum Gasteiger partial charge on any atom is -0.480 e. The Bertz CT molecular complexity index is 398. The number of carboxylic acids is 1. The highest BCUT2D eigenvalue weighted by molar-refractivity contribution is 6.30. The lowest BCUT2D eigenvalue weighted by atomic mass is 10.1. The minimum atomic E-state index is -1.27. The van der Waals surface area contributed by atoms with Crippen LogP contribution in [0.5, 0.6) is 0 Å². The summed E-state index contributed by atoms with van der Waals surface area (Å²) in [6, 6.07) is 0.376. The van der Waals surface area contributed by atoms with Crippen LogP contribution in [0.2, 0.25) is 5.02 Å². The van der Waals surface area contributed by atoms with Crippen molar-refractivity contribution in [2.75, 3.05) is 0 Å². The molecule has 1 aromatic carbocycles. The van der Waals surface area contributed by atoms with Crippen molar-refractivity contribution in [2.24, 2.45) is 5.73 Å². The maximum absolute atomic E-state index is 13.2. The van der Waals surface area contributed by atoms with Gasteiger partial charge in [0, 0.05) is 6.42 Å². The number of hydrogen-bond acceptors (Lipinski definition) is 2. The topological polar surface area (TPSA) is 63.3 Å². The molecule has 6 heteroatoms. The van der Waals surface area contributed by atoms with Gasteiger partial charge in [0.05, 0.1) is 5.02 Å². The van der Waals surface area contributed by atoms with Crippen molar-refractivity contribution in [1.82, 2.24) is 0 Å². The fraction of sp³-hybridized carbons (Fsp3) is 0.222. The zero-order valence-corrected chi connectivity index (χ0v) is 8.26. The van der Waals surface area contributed by atoms with Crippen molar-refractivity contribution in [3.05, 3.63) is 34.4 Å². The molecule has 15 heavy (non-hydrogen) atoms. The third-order valence-corrected chi connectivity index (χ3v) is 2.14. The Hall–Kier alpha value is -1.20. The van der Waals surface area contributed by atoms with Gasteiger partial charge in [0.2, 0.25) is 0 Å². The number of halogens is 3. The van der Waals surface area contributed by atoms with Crippen LogP contribution in [0.3, 0.4) is 0 Å². The van der Waals surface area contributed by atoms with E-state index in [1.807, 2.05) is 0 Å². The van der Waals surface area contributed by atoms with Crippen LogP contribution in [0.4, 0.5) is 8.78 Å². The molecule has 3 N–H and O–H groups in total. The Balaban J connectivity index is 2.95. The first-order chi connectivity index (χ1) is 6.91. The number of benzene rings is 1. The van der Waals surface area contributed by atoms with E-state index in [9.17, 15) is 13.6 Å². The van der Waals surface area contributed by atoms with Gasteiger partial charge in [-0.3, -0.25) is 4.79 Å². The van der Waals surface area contributed by atoms with Crippen molar-refractivity contribution >= 4 is 17.6 Å². The van der Waals surface area contributed by atoms with Gasteiger partial charge in [-0.05, 0) is 17.7 Å². The maximum atomic E-state index is 13.2. The molecule has 0 amide bonds. The molecule has 0 aromatic heterocycles. The van der Waals surface area contributed by atoms with Crippen LogP contribution in [0.15, 0.2) is 12.1 Å². The van der Waals surface area contributed by atoms with Gasteiger partial charge >= 0.3 is 5.97 Å². The van der Waals surface area contributed by atoms with Crippen molar-refractivity contribution in [3.63, 3.8) is 0 Å². The highest BCUT2D eigenvalue weighted by Crippen LogP contribution is 2.20. The van der Waals surface area contributed by atoms with E-state index in [-0.39, 0.29) is 17.0 Å². The lowest BCUT2D eigenvalue weighted by Crippen LogP contribution is -2.32. The van der Waals surface area contributed by atoms with E-state index in [4.69, 9.17) is 22.4 Å². The minimum absolute atomic E-state index is 0.105. The standard InChI is InChI=1S/C9H8ClF2NO2/c10-5-3-6(11)4(1-7(5)12)2-8(13)9(14)15/h1,3,8H,2,13H2,(H,14,15). The smallest absolute Gasteiger partial charge is 0.320 e. The molecule has 0 spiro atoms. The summed E-state index contributed by atoms with van der Waals surface area (Å²) in [5, 5.41) is 8.14. The SMILES string of the molecule is NC(Cc1cc(F)c(Cl)cc1F)C(=O)O. The number of carboxylic acid groups (broad SMARTS) is 1. The van der Waals surface area contributed by atoms with Crippen LogP contribution in [-0.4, -0.2) is 17.1 Å². The Morgan fingerprint density at radius 3 is 2.60 bits per heavy atom. The average molecular weight is 236 g/mol. The lowest BCUT2D eigenvalue weighted by Gasteiger charge is -2.08. The fourth-order valence-electron chi connectivity index (χ4n) is 1.04. The van der Waals surface area contributed by atoms with Crippen LogP contribution < -0.4 is 5.73 Å². The molecule has 82 valence electrons. The molecule has 1 rings (SSSR count). The summed E-state index contributed by atoms with van der Waals surface area (Å²) in [6.07, 6.45) is -0.282. The largest absolute Gasteiger partial charge is 0.480 e. The van der Waals surface area contributed by atoms with Gasteiger partial charge in [0.25, 0.3) is 0 Å². The zero-order chi connectivity index (χ0) is 11.6. The monoisotopic (exact) mass is 235 g/mol. The van der Waals surface area contributed by atoms with Gasteiger partial charge in [-0.1, -0.05) is 11.6 Å². The molecule has 1 aromatic rings. The Labute approximate surface area is 89.5 Å². The number of aliphatic carboxylic acids is 1. The maximum Gasteiger partial charge on any atom is 0.320 e. The Morgan fingerprint density at radius 1 is 1.47 bits per heavy atom. The summed E-state index contributed by atoms with van der Waals surface area (Å²) in [5.41, 5.74) is 5.08. The van der Waals surface area contributed by atoms with Gasteiger partial charge in [-0.25, -0.2) is 8.78 Å². The quantitative estimate of drug-likeness (QED) is 0.782. The molecule has 3 nitrogen and oxygen atoms in total. The van der Waals surface area contributed by atoms with Crippen molar-refractivity contribution in [2.45, 2.75) is 12.5 Å². The van der Waals surface area contributed by atoms with E-state index in [1.54, 1.807) is 0 Å². The van der Waals surface area contributed by atoms with Crippen LogP contribution in [0.1, 0.15) is 5.56 Å². The number of nitrogens with two attached hydrogens (primary N) is 1. The molecule has 1 unspecified atom stereocenters. The second kappa shape index (κ2) is 4.55. The second-order valence-corrected chi connectivity index (χ2v) is 3.41. The first-order valence-corrected chi connectivity index (χ1v) is 4.41. The molecule has 0 aliphatic heterocycles. The van der Waals surface area contributed by atoms with Crippen LogP contribution in [-0.2, 0) is 11.2 Å². The third kappa shape index (κ3) is 2.87. The summed E-state index contributed by atoms with van der Waals surface area (Å²) < 4.78 is 26.1. The van der Waals surface area contributed by atoms with Crippen LogP contribution in [0, 0.1) is 11.6 Å². The van der Waals surface area contributed by atoms with Crippen LogP contribution in [0.25, 0.3) is 0 Å². The van der Waals surface area contributed by atoms with Gasteiger partial charge in [0.15, 0.2) is 0 Å². The predicted octanol–water partition coefficient (Wildman–Crippen LogP) is 1.57. The predicted molar refractivity (Wildman–Crippen MR) is 50.7 cm³/mol. The fourth-order valence-corrected chi connectivity index (χ4v) is 1.19. The highest BCUT2D eigenvalue weighted by atomic mass is 35.5. The summed E-state index contributed by atoms with van der Waals surface area (Å²) >= 11 is 5.32. The summed E-state index contributed by atoms with van der Waals surface area (Å²) in [6.45, 7) is 0. The van der Waals surface area contributed by atoms with E-state index in [2.05, 4.69) is 0 Å². The summed E-state index contributed by atoms with van der Waals surface area (Å²) in [5.74, 6) is -2.84. The molecule has 0 fully saturated rings. The summed E-state index contributed by atoms with van der Waals surface area (Å²) in [4.78, 5) is 10.4. The third-order valence-electron chi connectivity index (χ3n) is 1.85. The molecule has 0 saturated heterocycles. The molecular weight excluding hydrogens is 228 g/mol. The first kappa shape index (κ1) is 11.9. The van der Waals surface area contributed by atoms with Crippen LogP contribution >= 0.6 is 11.6 Å². The molecule has 0 saturated carbocycles. The molecule has 0 radical (unpaired) electrons. The van der Waals surface area contributed by atoms with E-state index in [0.717, 1.165) is 12.1 Å². The number of hydrogen-bond donors (Lipinski definition) is 2. The normalized spacial score (nSPS) is 12.5. The molecule has 0 aliphatic carbocycles. The lowest BCUT2D eigenvalue weighted by molar-refractivity contribution is -0.138. The zero-order valence-electron chi connectivity index (χ0n) is 7.51. The summed E-state index contributed by atoms with van der Waals surface area (Å²) in [7, 11) is 0. The Morgan fingerprint density at radius 2 is 2.07 bits per heavy atom. The molecule has 1 atom stereocenters. The van der Waals surface area contributed by atoms with Crippen molar-refractivity contribution in [3.8, 4) is 0 Å². The highest BCUT2D eigenvalue weighted by Gasteiger charge is 2.16. The molecule has 0 aliphatic rings. The average Bonchev–Trinajstić information content (AvgIpc) is 2.13. The molecule has 0 bridgehead atoms. The number of rotatable bonds is 3. The van der Waals surface area contributed by atoms with Gasteiger partial charge in [-0.15, -0.1) is 0 Å². The molecule has 0 heterocycles. The van der Waals surface area contributed by atoms with E-state index in [0.29, 0.717) is 0 Å². The van der Waals surface area contributed by atoms with E-state index >= 15 is 0 Å².